The van der Waals surface area contributed by atoms with E-state index in [1.54, 1.807) is 0 Å². The normalized spacial score (nSPS) is 12.5. The molecule has 0 aliphatic rings. The number of unbranched alkanes of at least 4 members (excludes halogenated alkanes) is 40. The summed E-state index contributed by atoms with van der Waals surface area (Å²) in [6, 6.07) is -0.540. The van der Waals surface area contributed by atoms with Crippen LogP contribution < -0.4 is 5.32 Å². The first-order valence-electron chi connectivity index (χ1n) is 27.3. The first-order valence-corrected chi connectivity index (χ1v) is 27.3. The van der Waals surface area contributed by atoms with Crippen molar-refractivity contribution in [3.05, 3.63) is 0 Å². The summed E-state index contributed by atoms with van der Waals surface area (Å²) in [5.74, 6) is -0.0263. The Balaban J connectivity index is 3.35. The van der Waals surface area contributed by atoms with Crippen molar-refractivity contribution in [2.75, 3.05) is 13.2 Å². The van der Waals surface area contributed by atoms with Crippen LogP contribution in [-0.2, 0) is 14.3 Å². The summed E-state index contributed by atoms with van der Waals surface area (Å²) in [4.78, 5) is 24.4. The van der Waals surface area contributed by atoms with E-state index in [9.17, 15) is 19.8 Å². The maximum atomic E-state index is 12.4. The molecule has 0 aliphatic carbocycles. The van der Waals surface area contributed by atoms with Gasteiger partial charge < -0.3 is 20.3 Å². The van der Waals surface area contributed by atoms with E-state index in [1.165, 1.54) is 238 Å². The number of carbonyl (C=O) groups excluding carboxylic acids is 2. The first kappa shape index (κ1) is 58.9. The molecule has 0 heterocycles. The molecule has 0 saturated heterocycles. The van der Waals surface area contributed by atoms with Crippen LogP contribution in [0, 0.1) is 0 Å². The molecule has 2 atom stereocenters. The van der Waals surface area contributed by atoms with Crippen LogP contribution >= 0.6 is 0 Å². The molecule has 0 saturated carbocycles. The van der Waals surface area contributed by atoms with Gasteiger partial charge in [0.05, 0.1) is 25.4 Å². The molecule has 0 aromatic heterocycles. The fourth-order valence-corrected chi connectivity index (χ4v) is 8.70. The quantitative estimate of drug-likeness (QED) is 0.0418. The second-order valence-electron chi connectivity index (χ2n) is 18.9. The lowest BCUT2D eigenvalue weighted by Crippen LogP contribution is -2.45. The highest BCUT2D eigenvalue weighted by Crippen LogP contribution is 2.17. The lowest BCUT2D eigenvalue weighted by Gasteiger charge is -2.22. The molecule has 3 N–H and O–H groups in total. The highest BCUT2D eigenvalue weighted by atomic mass is 16.5. The molecule has 0 radical (unpaired) electrons. The van der Waals surface area contributed by atoms with E-state index < -0.39 is 12.1 Å². The highest BCUT2D eigenvalue weighted by Gasteiger charge is 2.20. The Morgan fingerprint density at radius 3 is 1.02 bits per heavy atom. The molecule has 60 heavy (non-hydrogen) atoms. The molecule has 0 rings (SSSR count). The topological polar surface area (TPSA) is 95.9 Å². The molecular weight excluding hydrogens is 743 g/mol. The zero-order valence-corrected chi connectivity index (χ0v) is 40.7. The van der Waals surface area contributed by atoms with Crippen LogP contribution in [0.3, 0.4) is 0 Å². The third-order valence-corrected chi connectivity index (χ3v) is 12.9. The van der Waals surface area contributed by atoms with Crippen molar-refractivity contribution < 1.29 is 24.5 Å². The molecule has 358 valence electrons. The standard InChI is InChI=1S/C54H107NO5/c1-3-5-7-9-11-13-15-16-25-28-32-36-40-44-48-54(59)60-49-45-41-37-33-29-26-23-21-19-17-18-20-22-24-27-31-35-39-43-47-53(58)55-51(50-56)52(57)46-42-38-34-30-14-12-10-8-6-4-2/h51-52,56-57H,3-50H2,1-2H3,(H,55,58). The molecular formula is C54H107NO5. The monoisotopic (exact) mass is 850 g/mol. The number of hydrogen-bond donors (Lipinski definition) is 3. The van der Waals surface area contributed by atoms with Crippen LogP contribution in [0.2, 0.25) is 0 Å². The van der Waals surface area contributed by atoms with Crippen LogP contribution in [0.5, 0.6) is 0 Å². The number of amides is 1. The molecule has 6 nitrogen and oxygen atoms in total. The van der Waals surface area contributed by atoms with Gasteiger partial charge in [0, 0.05) is 12.8 Å². The molecule has 1 amide bonds. The molecule has 6 heteroatoms. The third kappa shape index (κ3) is 46.4. The molecule has 0 spiro atoms. The summed E-state index contributed by atoms with van der Waals surface area (Å²) < 4.78 is 5.48. The lowest BCUT2D eigenvalue weighted by molar-refractivity contribution is -0.143. The number of hydrogen-bond acceptors (Lipinski definition) is 5. The minimum absolute atomic E-state index is 0.0117. The van der Waals surface area contributed by atoms with Gasteiger partial charge in [-0.1, -0.05) is 271 Å². The van der Waals surface area contributed by atoms with E-state index >= 15 is 0 Å². The fourth-order valence-electron chi connectivity index (χ4n) is 8.70. The molecule has 0 aromatic carbocycles. The average Bonchev–Trinajstić information content (AvgIpc) is 3.25. The van der Waals surface area contributed by atoms with Gasteiger partial charge in [-0.15, -0.1) is 0 Å². The molecule has 0 aliphatic heterocycles. The minimum atomic E-state index is -0.662. The summed E-state index contributed by atoms with van der Waals surface area (Å²) >= 11 is 0. The summed E-state index contributed by atoms with van der Waals surface area (Å²) in [5, 5.41) is 23.1. The van der Waals surface area contributed by atoms with Crippen molar-refractivity contribution in [2.24, 2.45) is 0 Å². The van der Waals surface area contributed by atoms with Crippen LogP contribution in [-0.4, -0.2) is 47.4 Å². The predicted octanol–water partition coefficient (Wildman–Crippen LogP) is 16.4. The van der Waals surface area contributed by atoms with Crippen LogP contribution in [0.4, 0.5) is 0 Å². The number of carbonyl (C=O) groups is 2. The molecule has 0 bridgehead atoms. The summed E-state index contributed by atoms with van der Waals surface area (Å²) in [6.07, 6.45) is 56.6. The predicted molar refractivity (Wildman–Crippen MR) is 260 cm³/mol. The van der Waals surface area contributed by atoms with E-state index in [0.29, 0.717) is 25.9 Å². The van der Waals surface area contributed by atoms with Gasteiger partial charge in [-0.05, 0) is 25.7 Å². The molecule has 0 aromatic rings. The van der Waals surface area contributed by atoms with E-state index in [-0.39, 0.29) is 18.5 Å². The Hall–Kier alpha value is -1.14. The Bertz CT molecular complexity index is 852. The first-order chi connectivity index (χ1) is 29.5. The Labute approximate surface area is 375 Å². The number of rotatable bonds is 51. The lowest BCUT2D eigenvalue weighted by atomic mass is 10.0. The second-order valence-corrected chi connectivity index (χ2v) is 18.9. The Morgan fingerprint density at radius 1 is 0.400 bits per heavy atom. The third-order valence-electron chi connectivity index (χ3n) is 12.9. The van der Waals surface area contributed by atoms with Crippen LogP contribution in [0.1, 0.15) is 309 Å². The summed E-state index contributed by atoms with van der Waals surface area (Å²) in [6.45, 7) is 4.95. The van der Waals surface area contributed by atoms with E-state index in [1.807, 2.05) is 0 Å². The van der Waals surface area contributed by atoms with Gasteiger partial charge in [0.2, 0.25) is 5.91 Å². The van der Waals surface area contributed by atoms with Crippen molar-refractivity contribution in [3.8, 4) is 0 Å². The minimum Gasteiger partial charge on any atom is -0.466 e. The number of ether oxygens (including phenoxy) is 1. The average molecular weight is 850 g/mol. The van der Waals surface area contributed by atoms with Gasteiger partial charge in [0.25, 0.3) is 0 Å². The van der Waals surface area contributed by atoms with Crippen molar-refractivity contribution in [2.45, 2.75) is 321 Å². The van der Waals surface area contributed by atoms with Crippen LogP contribution in [0.25, 0.3) is 0 Å². The van der Waals surface area contributed by atoms with Crippen molar-refractivity contribution >= 4 is 11.9 Å². The maximum Gasteiger partial charge on any atom is 0.305 e. The highest BCUT2D eigenvalue weighted by molar-refractivity contribution is 5.76. The summed E-state index contributed by atoms with van der Waals surface area (Å²) in [5.41, 5.74) is 0. The molecule has 2 unspecified atom stereocenters. The van der Waals surface area contributed by atoms with E-state index in [2.05, 4.69) is 19.2 Å². The maximum absolute atomic E-state index is 12.4. The van der Waals surface area contributed by atoms with Gasteiger partial charge in [0.15, 0.2) is 0 Å². The van der Waals surface area contributed by atoms with Gasteiger partial charge in [-0.25, -0.2) is 0 Å². The molecule has 0 fully saturated rings. The zero-order chi connectivity index (χ0) is 43.7. The summed E-state index contributed by atoms with van der Waals surface area (Å²) in [7, 11) is 0. The Kier molecular flexibility index (Phi) is 49.5. The van der Waals surface area contributed by atoms with Crippen molar-refractivity contribution in [1.29, 1.82) is 0 Å². The van der Waals surface area contributed by atoms with Crippen molar-refractivity contribution in [1.82, 2.24) is 5.32 Å². The number of esters is 1. The smallest absolute Gasteiger partial charge is 0.305 e. The SMILES string of the molecule is CCCCCCCCCCCCCCCCC(=O)OCCCCCCCCCCCCCCCCCCCCCC(=O)NC(CO)C(O)CCCCCCCCCCCC. The number of nitrogens with one attached hydrogen (secondary N) is 1. The zero-order valence-electron chi connectivity index (χ0n) is 40.7. The van der Waals surface area contributed by atoms with Gasteiger partial charge in [0.1, 0.15) is 0 Å². The van der Waals surface area contributed by atoms with Gasteiger partial charge >= 0.3 is 5.97 Å². The second kappa shape index (κ2) is 50.5. The fraction of sp³-hybridized carbons (Fsp3) is 0.963. The number of aliphatic hydroxyl groups is 2. The number of aliphatic hydroxyl groups excluding tert-OH is 2. The van der Waals surface area contributed by atoms with Gasteiger partial charge in [-0.2, -0.15) is 0 Å². The Morgan fingerprint density at radius 2 is 0.683 bits per heavy atom. The largest absolute Gasteiger partial charge is 0.466 e. The van der Waals surface area contributed by atoms with E-state index in [0.717, 1.165) is 38.5 Å². The van der Waals surface area contributed by atoms with E-state index in [4.69, 9.17) is 4.74 Å². The van der Waals surface area contributed by atoms with Gasteiger partial charge in [-0.3, -0.25) is 9.59 Å². The van der Waals surface area contributed by atoms with Crippen molar-refractivity contribution in [3.63, 3.8) is 0 Å². The van der Waals surface area contributed by atoms with Crippen LogP contribution in [0.15, 0.2) is 0 Å².